The lowest BCUT2D eigenvalue weighted by Gasteiger charge is -2.28. The third-order valence-electron chi connectivity index (χ3n) is 3.79. The Morgan fingerprint density at radius 2 is 2.18 bits per heavy atom. The first-order valence-electron chi connectivity index (χ1n) is 6.38. The molecule has 0 saturated carbocycles. The van der Waals surface area contributed by atoms with Gasteiger partial charge in [-0.3, -0.25) is 4.90 Å². The van der Waals surface area contributed by atoms with Crippen LogP contribution < -0.4 is 10.5 Å². The van der Waals surface area contributed by atoms with Crippen LogP contribution in [0.3, 0.4) is 0 Å². The van der Waals surface area contributed by atoms with Gasteiger partial charge in [-0.1, -0.05) is 25.1 Å². The van der Waals surface area contributed by atoms with Crippen molar-refractivity contribution in [3.8, 4) is 5.75 Å². The normalized spacial score (nSPS) is 25.1. The second-order valence-electron chi connectivity index (χ2n) is 4.60. The Bertz CT molecular complexity index is 355. The van der Waals surface area contributed by atoms with Crippen LogP contribution in [0.1, 0.15) is 24.9 Å². The summed E-state index contributed by atoms with van der Waals surface area (Å²) in [6.45, 7) is 5.17. The van der Waals surface area contributed by atoms with Crippen LogP contribution in [0.25, 0.3) is 0 Å². The summed E-state index contributed by atoms with van der Waals surface area (Å²) in [5.41, 5.74) is 7.18. The number of benzene rings is 1. The van der Waals surface area contributed by atoms with Crippen LogP contribution in [0.15, 0.2) is 24.3 Å². The van der Waals surface area contributed by atoms with Crippen molar-refractivity contribution >= 4 is 0 Å². The number of nitrogens with two attached hydrogens (primary N) is 1. The number of likely N-dealkylation sites (tertiary alicyclic amines) is 1. The number of rotatable bonds is 4. The Hall–Kier alpha value is -1.06. The molecule has 0 radical (unpaired) electrons. The Balaban J connectivity index is 2.34. The Kier molecular flexibility index (Phi) is 4.02. The van der Waals surface area contributed by atoms with Gasteiger partial charge in [0.15, 0.2) is 0 Å². The van der Waals surface area contributed by atoms with Crippen molar-refractivity contribution in [3.05, 3.63) is 29.8 Å². The quantitative estimate of drug-likeness (QED) is 0.866. The first-order valence-corrected chi connectivity index (χ1v) is 6.38. The summed E-state index contributed by atoms with van der Waals surface area (Å²) in [6.07, 6.45) is 1.19. The number of para-hydroxylation sites is 1. The van der Waals surface area contributed by atoms with Crippen LogP contribution >= 0.6 is 0 Å². The zero-order valence-corrected chi connectivity index (χ0v) is 10.7. The summed E-state index contributed by atoms with van der Waals surface area (Å²) in [4.78, 5) is 2.50. The molecule has 0 bridgehead atoms. The molecule has 1 heterocycles. The van der Waals surface area contributed by atoms with E-state index in [-0.39, 0.29) is 0 Å². The van der Waals surface area contributed by atoms with Crippen LogP contribution in [-0.4, -0.2) is 31.6 Å². The highest BCUT2D eigenvalue weighted by Crippen LogP contribution is 2.40. The molecule has 0 spiro atoms. The van der Waals surface area contributed by atoms with E-state index >= 15 is 0 Å². The predicted octanol–water partition coefficient (Wildman–Crippen LogP) is 2.04. The molecule has 17 heavy (non-hydrogen) atoms. The predicted molar refractivity (Wildman–Crippen MR) is 70.1 cm³/mol. The van der Waals surface area contributed by atoms with Crippen LogP contribution in [0, 0.1) is 5.92 Å². The summed E-state index contributed by atoms with van der Waals surface area (Å²) in [5.74, 6) is 1.53. The number of ether oxygens (including phenoxy) is 1. The molecule has 0 aromatic heterocycles. The smallest absolute Gasteiger partial charge is 0.123 e. The molecule has 1 aliphatic heterocycles. The molecule has 1 saturated heterocycles. The fourth-order valence-electron chi connectivity index (χ4n) is 2.89. The lowest BCUT2D eigenvalue weighted by Crippen LogP contribution is -2.28. The lowest BCUT2D eigenvalue weighted by atomic mass is 9.93. The highest BCUT2D eigenvalue weighted by molar-refractivity contribution is 5.37. The maximum atomic E-state index is 5.90. The van der Waals surface area contributed by atoms with Gasteiger partial charge in [-0.15, -0.1) is 0 Å². The van der Waals surface area contributed by atoms with Crippen molar-refractivity contribution < 1.29 is 4.74 Å². The van der Waals surface area contributed by atoms with Gasteiger partial charge in [0, 0.05) is 11.6 Å². The van der Waals surface area contributed by atoms with Crippen LogP contribution in [0.4, 0.5) is 0 Å². The molecule has 1 aromatic carbocycles. The average Bonchev–Trinajstić information content (AvgIpc) is 2.81. The van der Waals surface area contributed by atoms with Gasteiger partial charge in [0.1, 0.15) is 5.75 Å². The van der Waals surface area contributed by atoms with E-state index in [0.29, 0.717) is 12.0 Å². The van der Waals surface area contributed by atoms with E-state index < -0.39 is 0 Å². The summed E-state index contributed by atoms with van der Waals surface area (Å²) >= 11 is 0. The van der Waals surface area contributed by atoms with E-state index in [1.807, 2.05) is 12.1 Å². The van der Waals surface area contributed by atoms with E-state index in [1.165, 1.54) is 12.0 Å². The molecule has 2 rings (SSSR count). The first-order chi connectivity index (χ1) is 8.31. The second-order valence-corrected chi connectivity index (χ2v) is 4.60. The molecule has 2 N–H and O–H groups in total. The molecule has 1 fully saturated rings. The van der Waals surface area contributed by atoms with Gasteiger partial charge in [0.25, 0.3) is 0 Å². The van der Waals surface area contributed by atoms with E-state index in [1.54, 1.807) is 7.11 Å². The van der Waals surface area contributed by atoms with Gasteiger partial charge in [0.05, 0.1) is 7.11 Å². The van der Waals surface area contributed by atoms with Crippen molar-refractivity contribution in [3.63, 3.8) is 0 Å². The van der Waals surface area contributed by atoms with E-state index in [4.69, 9.17) is 10.5 Å². The zero-order chi connectivity index (χ0) is 12.3. The topological polar surface area (TPSA) is 38.5 Å². The number of nitrogens with zero attached hydrogens (tertiary/aromatic N) is 1. The fourth-order valence-corrected chi connectivity index (χ4v) is 2.89. The highest BCUT2D eigenvalue weighted by Gasteiger charge is 2.34. The molecule has 0 amide bonds. The summed E-state index contributed by atoms with van der Waals surface area (Å²) in [5, 5.41) is 0. The monoisotopic (exact) mass is 234 g/mol. The molecule has 2 atom stereocenters. The number of hydrogen-bond acceptors (Lipinski definition) is 3. The Labute approximate surface area is 104 Å². The third-order valence-corrected chi connectivity index (χ3v) is 3.79. The van der Waals surface area contributed by atoms with Gasteiger partial charge < -0.3 is 10.5 Å². The summed E-state index contributed by atoms with van der Waals surface area (Å²) in [7, 11) is 1.74. The van der Waals surface area contributed by atoms with Gasteiger partial charge in [0.2, 0.25) is 0 Å². The minimum atomic E-state index is 0.418. The molecule has 94 valence electrons. The maximum Gasteiger partial charge on any atom is 0.123 e. The number of methoxy groups -OCH3 is 1. The van der Waals surface area contributed by atoms with E-state index in [2.05, 4.69) is 24.0 Å². The zero-order valence-electron chi connectivity index (χ0n) is 10.7. The fraction of sp³-hybridized carbons (Fsp3) is 0.571. The maximum absolute atomic E-state index is 5.90. The standard InChI is InChI=1S/C14H22N2O/c1-3-16-9-8-11(10-15)14(16)12-6-4-5-7-13(12)17-2/h4-7,11,14H,3,8-10,15H2,1-2H3. The average molecular weight is 234 g/mol. The third kappa shape index (κ3) is 2.31. The summed E-state index contributed by atoms with van der Waals surface area (Å²) < 4.78 is 5.48. The minimum absolute atomic E-state index is 0.418. The summed E-state index contributed by atoms with van der Waals surface area (Å²) in [6, 6.07) is 8.72. The molecule has 1 aliphatic rings. The van der Waals surface area contributed by atoms with Crippen molar-refractivity contribution in [1.82, 2.24) is 4.90 Å². The molecule has 3 heteroatoms. The molecular weight excluding hydrogens is 212 g/mol. The Morgan fingerprint density at radius 1 is 1.41 bits per heavy atom. The van der Waals surface area contributed by atoms with Crippen LogP contribution in [0.5, 0.6) is 5.75 Å². The largest absolute Gasteiger partial charge is 0.496 e. The lowest BCUT2D eigenvalue weighted by molar-refractivity contribution is 0.236. The SMILES string of the molecule is CCN1CCC(CN)C1c1ccccc1OC. The first kappa shape index (κ1) is 12.4. The molecule has 1 aromatic rings. The second kappa shape index (κ2) is 5.52. The minimum Gasteiger partial charge on any atom is -0.496 e. The van der Waals surface area contributed by atoms with Crippen molar-refractivity contribution in [1.29, 1.82) is 0 Å². The van der Waals surface area contributed by atoms with E-state index in [9.17, 15) is 0 Å². The molecule has 2 unspecified atom stereocenters. The highest BCUT2D eigenvalue weighted by atomic mass is 16.5. The van der Waals surface area contributed by atoms with Gasteiger partial charge in [-0.05, 0) is 38.0 Å². The van der Waals surface area contributed by atoms with Crippen LogP contribution in [-0.2, 0) is 0 Å². The van der Waals surface area contributed by atoms with Gasteiger partial charge >= 0.3 is 0 Å². The molecule has 0 aliphatic carbocycles. The Morgan fingerprint density at radius 3 is 2.82 bits per heavy atom. The number of hydrogen-bond donors (Lipinski definition) is 1. The van der Waals surface area contributed by atoms with Crippen molar-refractivity contribution in [2.45, 2.75) is 19.4 Å². The van der Waals surface area contributed by atoms with Crippen LogP contribution in [0.2, 0.25) is 0 Å². The van der Waals surface area contributed by atoms with E-state index in [0.717, 1.165) is 25.4 Å². The van der Waals surface area contributed by atoms with Gasteiger partial charge in [-0.25, -0.2) is 0 Å². The van der Waals surface area contributed by atoms with Gasteiger partial charge in [-0.2, -0.15) is 0 Å². The molecule has 3 nitrogen and oxygen atoms in total. The van der Waals surface area contributed by atoms with Crippen molar-refractivity contribution in [2.75, 3.05) is 26.7 Å². The van der Waals surface area contributed by atoms with Crippen molar-refractivity contribution in [2.24, 2.45) is 11.7 Å². The molecular formula is C14H22N2O.